The van der Waals surface area contributed by atoms with E-state index in [1.54, 1.807) is 0 Å². The summed E-state index contributed by atoms with van der Waals surface area (Å²) in [5, 5.41) is 0.151. The quantitative estimate of drug-likeness (QED) is 0.441. The summed E-state index contributed by atoms with van der Waals surface area (Å²) in [6, 6.07) is 3.77. The van der Waals surface area contributed by atoms with Crippen LogP contribution in [0.15, 0.2) is 30.9 Å². The molecule has 2 aromatic heterocycles. The zero-order valence-corrected chi connectivity index (χ0v) is 14.6. The van der Waals surface area contributed by atoms with Gasteiger partial charge in [-0.2, -0.15) is 18.2 Å². The average Bonchev–Trinajstić information content (AvgIpc) is 2.64. The predicted molar refractivity (Wildman–Crippen MR) is 91.9 cm³/mol. The number of ether oxygens (including phenoxy) is 1. The van der Waals surface area contributed by atoms with E-state index in [0.717, 1.165) is 6.07 Å². The summed E-state index contributed by atoms with van der Waals surface area (Å²) in [6.07, 6.45) is -3.27. The Hall–Kier alpha value is -3.10. The van der Waals surface area contributed by atoms with Gasteiger partial charge in [-0.15, -0.1) is 0 Å². The molecule has 0 bridgehead atoms. The standard InChI is InChI=1S/C19H15F3N2O4/c1-2-8-28-14-7-6-10-9-11(17(19(20,21)22)24-18(10)23-14)16(27)15-12(25)4-3-5-13(15)26/h2,6-7,9,15H,1,3-5,8H2. The normalized spacial score (nSPS) is 15.7. The first-order valence-electron chi connectivity index (χ1n) is 8.44. The Bertz CT molecular complexity index is 969. The molecule has 2 aromatic rings. The van der Waals surface area contributed by atoms with Gasteiger partial charge in [-0.3, -0.25) is 14.4 Å². The Balaban J connectivity index is 2.12. The van der Waals surface area contributed by atoms with Crippen LogP contribution in [0.1, 0.15) is 35.3 Å². The number of fused-ring (bicyclic) bond motifs is 1. The van der Waals surface area contributed by atoms with E-state index < -0.39 is 40.7 Å². The van der Waals surface area contributed by atoms with Crippen LogP contribution in [0.4, 0.5) is 13.2 Å². The second-order valence-corrected chi connectivity index (χ2v) is 6.26. The molecule has 146 valence electrons. The lowest BCUT2D eigenvalue weighted by Crippen LogP contribution is -2.36. The van der Waals surface area contributed by atoms with Crippen molar-refractivity contribution in [1.29, 1.82) is 0 Å². The second-order valence-electron chi connectivity index (χ2n) is 6.26. The van der Waals surface area contributed by atoms with Crippen LogP contribution < -0.4 is 4.74 Å². The molecule has 6 nitrogen and oxygen atoms in total. The topological polar surface area (TPSA) is 86.2 Å². The maximum Gasteiger partial charge on any atom is 0.434 e. The van der Waals surface area contributed by atoms with Crippen LogP contribution in [0.25, 0.3) is 11.0 Å². The highest BCUT2D eigenvalue weighted by molar-refractivity contribution is 6.25. The summed E-state index contributed by atoms with van der Waals surface area (Å²) in [5.74, 6) is -4.17. The Morgan fingerprint density at radius 1 is 1.21 bits per heavy atom. The second kappa shape index (κ2) is 7.49. The largest absolute Gasteiger partial charge is 0.473 e. The van der Waals surface area contributed by atoms with Gasteiger partial charge in [0.15, 0.2) is 28.7 Å². The van der Waals surface area contributed by atoms with E-state index in [9.17, 15) is 27.6 Å². The monoisotopic (exact) mass is 392 g/mol. The molecule has 0 spiro atoms. The molecular formula is C19H15F3N2O4. The van der Waals surface area contributed by atoms with E-state index in [4.69, 9.17) is 4.74 Å². The zero-order valence-electron chi connectivity index (χ0n) is 14.6. The molecular weight excluding hydrogens is 377 g/mol. The molecule has 0 aromatic carbocycles. The third-order valence-electron chi connectivity index (χ3n) is 4.29. The molecule has 0 atom stereocenters. The Morgan fingerprint density at radius 3 is 2.50 bits per heavy atom. The average molecular weight is 392 g/mol. The smallest absolute Gasteiger partial charge is 0.434 e. The molecule has 2 heterocycles. The highest BCUT2D eigenvalue weighted by Gasteiger charge is 2.43. The van der Waals surface area contributed by atoms with E-state index in [1.807, 2.05) is 0 Å². The van der Waals surface area contributed by atoms with Crippen molar-refractivity contribution in [3.05, 3.63) is 42.1 Å². The maximum absolute atomic E-state index is 13.5. The van der Waals surface area contributed by atoms with E-state index in [-0.39, 0.29) is 36.4 Å². The van der Waals surface area contributed by atoms with Gasteiger partial charge in [0, 0.05) is 24.3 Å². The van der Waals surface area contributed by atoms with E-state index in [1.165, 1.54) is 18.2 Å². The molecule has 0 saturated heterocycles. The van der Waals surface area contributed by atoms with Gasteiger partial charge < -0.3 is 4.74 Å². The van der Waals surface area contributed by atoms with Gasteiger partial charge in [0.05, 0.1) is 5.56 Å². The number of ketones is 3. The van der Waals surface area contributed by atoms with E-state index in [2.05, 4.69) is 16.5 Å². The van der Waals surface area contributed by atoms with Gasteiger partial charge in [0.2, 0.25) is 5.88 Å². The van der Waals surface area contributed by atoms with Crippen LogP contribution >= 0.6 is 0 Å². The Morgan fingerprint density at radius 2 is 1.89 bits per heavy atom. The van der Waals surface area contributed by atoms with Crippen LogP contribution in [0.3, 0.4) is 0 Å². The number of carbonyl (C=O) groups excluding carboxylic acids is 3. The van der Waals surface area contributed by atoms with Crippen LogP contribution in [0, 0.1) is 5.92 Å². The molecule has 1 aliphatic carbocycles. The SMILES string of the molecule is C=CCOc1ccc2cc(C(=O)C3C(=O)CCCC3=O)c(C(F)(F)F)nc2n1. The number of hydrogen-bond acceptors (Lipinski definition) is 6. The van der Waals surface area contributed by atoms with Crippen molar-refractivity contribution in [2.45, 2.75) is 25.4 Å². The number of alkyl halides is 3. The number of rotatable bonds is 5. The lowest BCUT2D eigenvalue weighted by Gasteiger charge is -2.20. The third-order valence-corrected chi connectivity index (χ3v) is 4.29. The van der Waals surface area contributed by atoms with Crippen molar-refractivity contribution in [3.8, 4) is 5.88 Å². The number of pyridine rings is 2. The molecule has 0 radical (unpaired) electrons. The summed E-state index contributed by atoms with van der Waals surface area (Å²) in [7, 11) is 0. The lowest BCUT2D eigenvalue weighted by atomic mass is 9.81. The first-order valence-corrected chi connectivity index (χ1v) is 8.44. The van der Waals surface area contributed by atoms with Gasteiger partial charge in [0.1, 0.15) is 12.5 Å². The number of carbonyl (C=O) groups is 3. The summed E-state index contributed by atoms with van der Waals surface area (Å²) in [6.45, 7) is 3.57. The first-order chi connectivity index (χ1) is 13.2. The van der Waals surface area contributed by atoms with Gasteiger partial charge in [-0.25, -0.2) is 4.98 Å². The minimum atomic E-state index is -4.97. The fourth-order valence-corrected chi connectivity index (χ4v) is 3.02. The summed E-state index contributed by atoms with van der Waals surface area (Å²) in [5.41, 5.74) is -2.56. The fraction of sp³-hybridized carbons (Fsp3) is 0.316. The number of halogens is 3. The van der Waals surface area contributed by atoms with Crippen LogP contribution in [0.2, 0.25) is 0 Å². The van der Waals surface area contributed by atoms with Gasteiger partial charge in [0.25, 0.3) is 0 Å². The van der Waals surface area contributed by atoms with Gasteiger partial charge in [-0.05, 0) is 18.6 Å². The first kappa shape index (κ1) is 19.7. The van der Waals surface area contributed by atoms with Crippen molar-refractivity contribution < 1.29 is 32.3 Å². The van der Waals surface area contributed by atoms with Crippen molar-refractivity contribution >= 4 is 28.4 Å². The maximum atomic E-state index is 13.5. The minimum Gasteiger partial charge on any atom is -0.473 e. The Kier molecular flexibility index (Phi) is 5.26. The number of aromatic nitrogens is 2. The van der Waals surface area contributed by atoms with E-state index in [0.29, 0.717) is 6.42 Å². The summed E-state index contributed by atoms with van der Waals surface area (Å²) in [4.78, 5) is 44.1. The van der Waals surface area contributed by atoms with Gasteiger partial charge in [-0.1, -0.05) is 12.7 Å². The molecule has 9 heteroatoms. The van der Waals surface area contributed by atoms with Crippen LogP contribution in [-0.2, 0) is 15.8 Å². The fourth-order valence-electron chi connectivity index (χ4n) is 3.02. The lowest BCUT2D eigenvalue weighted by molar-refractivity contribution is -0.142. The molecule has 0 amide bonds. The summed E-state index contributed by atoms with van der Waals surface area (Å²) >= 11 is 0. The highest BCUT2D eigenvalue weighted by Crippen LogP contribution is 2.34. The van der Waals surface area contributed by atoms with Crippen molar-refractivity contribution in [2.24, 2.45) is 5.92 Å². The molecule has 0 unspecified atom stereocenters. The molecule has 28 heavy (non-hydrogen) atoms. The minimum absolute atomic E-state index is 0.0178. The van der Waals surface area contributed by atoms with Crippen molar-refractivity contribution in [3.63, 3.8) is 0 Å². The number of Topliss-reactive ketones (excluding diaryl/α,β-unsaturated/α-hetero) is 3. The highest BCUT2D eigenvalue weighted by atomic mass is 19.4. The molecule has 1 fully saturated rings. The zero-order chi connectivity index (χ0) is 20.5. The molecule has 0 N–H and O–H groups in total. The predicted octanol–water partition coefficient (Wildman–Crippen LogP) is 3.33. The molecule has 3 rings (SSSR count). The van der Waals surface area contributed by atoms with Crippen molar-refractivity contribution in [1.82, 2.24) is 9.97 Å². The summed E-state index contributed by atoms with van der Waals surface area (Å²) < 4.78 is 45.8. The third kappa shape index (κ3) is 3.78. The molecule has 1 saturated carbocycles. The molecule has 1 aliphatic rings. The number of nitrogens with zero attached hydrogens (tertiary/aromatic N) is 2. The van der Waals surface area contributed by atoms with E-state index >= 15 is 0 Å². The van der Waals surface area contributed by atoms with Gasteiger partial charge >= 0.3 is 6.18 Å². The van der Waals surface area contributed by atoms with Crippen LogP contribution in [-0.4, -0.2) is 33.9 Å². The van der Waals surface area contributed by atoms with Crippen molar-refractivity contribution in [2.75, 3.05) is 6.61 Å². The van der Waals surface area contributed by atoms with Crippen LogP contribution in [0.5, 0.6) is 5.88 Å². The molecule has 0 aliphatic heterocycles. The number of hydrogen-bond donors (Lipinski definition) is 0. The Labute approximate surface area is 157 Å².